The summed E-state index contributed by atoms with van der Waals surface area (Å²) in [5.41, 5.74) is 0. The van der Waals surface area contributed by atoms with Gasteiger partial charge in [-0.1, -0.05) is 90.4 Å². The molecule has 0 spiro atoms. The molecule has 0 aliphatic carbocycles. The molecule has 0 aliphatic rings. The quantitative estimate of drug-likeness (QED) is 0.206. The Hall–Kier alpha value is -0.160. The van der Waals surface area contributed by atoms with Gasteiger partial charge in [0.05, 0.1) is 0 Å². The minimum Gasteiger partial charge on any atom is -0.344 e. The maximum absolute atomic E-state index is 8.74. The molecule has 0 atom stereocenters. The monoisotopic (exact) mass is 345 g/mol. The Morgan fingerprint density at radius 1 is 0.542 bits per heavy atom. The van der Waals surface area contributed by atoms with Gasteiger partial charge in [0.25, 0.3) is 5.97 Å². The van der Waals surface area contributed by atoms with E-state index in [9.17, 15) is 0 Å². The van der Waals surface area contributed by atoms with Crippen molar-refractivity contribution in [1.29, 1.82) is 0 Å². The highest BCUT2D eigenvalue weighted by Crippen LogP contribution is 2.12. The van der Waals surface area contributed by atoms with Crippen molar-refractivity contribution in [1.82, 2.24) is 5.32 Å². The van der Waals surface area contributed by atoms with Crippen LogP contribution in [0.1, 0.15) is 110 Å². The number of hydrogen-bond acceptors (Lipinski definition) is 4. The molecule has 0 aromatic carbocycles. The zero-order valence-corrected chi connectivity index (χ0v) is 16.1. The number of aliphatic hydroxyl groups is 3. The Labute approximate surface area is 150 Å². The molecule has 0 saturated heterocycles. The molecule has 0 radical (unpaired) electrons. The first-order valence-electron chi connectivity index (χ1n) is 10.4. The van der Waals surface area contributed by atoms with Gasteiger partial charge in [0.15, 0.2) is 0 Å². The van der Waals surface area contributed by atoms with Crippen molar-refractivity contribution < 1.29 is 15.3 Å². The molecule has 0 heterocycles. The highest BCUT2D eigenvalue weighted by Gasteiger charge is 2.16. The van der Waals surface area contributed by atoms with Crippen molar-refractivity contribution in [3.63, 3.8) is 0 Å². The predicted molar refractivity (Wildman–Crippen MR) is 102 cm³/mol. The van der Waals surface area contributed by atoms with Gasteiger partial charge in [-0.3, -0.25) is 0 Å². The van der Waals surface area contributed by atoms with Gasteiger partial charge in [0.1, 0.15) is 0 Å². The SMILES string of the molecule is CCCCCCCCCCCCCCCCNCCCC(O)(O)O. The van der Waals surface area contributed by atoms with Crippen LogP contribution in [-0.4, -0.2) is 34.4 Å². The summed E-state index contributed by atoms with van der Waals surface area (Å²) >= 11 is 0. The van der Waals surface area contributed by atoms with E-state index in [1.165, 1.54) is 89.9 Å². The molecule has 0 unspecified atom stereocenters. The Morgan fingerprint density at radius 3 is 1.33 bits per heavy atom. The second kappa shape index (κ2) is 17.7. The maximum Gasteiger partial charge on any atom is 0.275 e. The zero-order chi connectivity index (χ0) is 17.9. The molecule has 24 heavy (non-hydrogen) atoms. The van der Waals surface area contributed by atoms with E-state index in [-0.39, 0.29) is 6.42 Å². The fourth-order valence-corrected chi connectivity index (χ4v) is 3.02. The predicted octanol–water partition coefficient (Wildman–Crippen LogP) is 4.47. The van der Waals surface area contributed by atoms with E-state index in [4.69, 9.17) is 15.3 Å². The molecule has 0 rings (SSSR count). The molecule has 0 aromatic heterocycles. The van der Waals surface area contributed by atoms with E-state index in [2.05, 4.69) is 12.2 Å². The van der Waals surface area contributed by atoms with E-state index in [0.717, 1.165) is 13.1 Å². The molecule has 146 valence electrons. The molecule has 0 amide bonds. The van der Waals surface area contributed by atoms with Gasteiger partial charge < -0.3 is 20.6 Å². The highest BCUT2D eigenvalue weighted by molar-refractivity contribution is 4.54. The second-order valence-corrected chi connectivity index (χ2v) is 7.22. The van der Waals surface area contributed by atoms with E-state index in [1.54, 1.807) is 0 Å². The van der Waals surface area contributed by atoms with Crippen molar-refractivity contribution in [2.24, 2.45) is 0 Å². The number of rotatable bonds is 19. The Morgan fingerprint density at radius 2 is 0.917 bits per heavy atom. The van der Waals surface area contributed by atoms with Crippen LogP contribution < -0.4 is 5.32 Å². The topological polar surface area (TPSA) is 72.7 Å². The van der Waals surface area contributed by atoms with Crippen molar-refractivity contribution >= 4 is 0 Å². The summed E-state index contributed by atoms with van der Waals surface area (Å²) < 4.78 is 0. The van der Waals surface area contributed by atoms with Crippen LogP contribution in [0.4, 0.5) is 0 Å². The molecule has 0 bridgehead atoms. The molecular formula is C20H43NO3. The maximum atomic E-state index is 8.74. The molecule has 4 N–H and O–H groups in total. The van der Waals surface area contributed by atoms with Gasteiger partial charge in [-0.15, -0.1) is 0 Å². The summed E-state index contributed by atoms with van der Waals surface area (Å²) in [6.07, 6.45) is 19.8. The summed E-state index contributed by atoms with van der Waals surface area (Å²) in [5.74, 6) is -2.50. The van der Waals surface area contributed by atoms with Crippen LogP contribution in [0.5, 0.6) is 0 Å². The smallest absolute Gasteiger partial charge is 0.275 e. The highest BCUT2D eigenvalue weighted by atomic mass is 16.7. The fourth-order valence-electron chi connectivity index (χ4n) is 3.02. The number of nitrogens with one attached hydrogen (secondary N) is 1. The normalized spacial score (nSPS) is 12.0. The average Bonchev–Trinajstić information content (AvgIpc) is 2.52. The van der Waals surface area contributed by atoms with Crippen LogP contribution in [0.25, 0.3) is 0 Å². The molecule has 4 nitrogen and oxygen atoms in total. The van der Waals surface area contributed by atoms with Crippen molar-refractivity contribution in [2.45, 2.75) is 116 Å². The summed E-state index contributed by atoms with van der Waals surface area (Å²) in [4.78, 5) is 0. The molecule has 0 saturated carbocycles. The van der Waals surface area contributed by atoms with E-state index < -0.39 is 5.97 Å². The van der Waals surface area contributed by atoms with Crippen LogP contribution in [0, 0.1) is 0 Å². The molecule has 0 fully saturated rings. The summed E-state index contributed by atoms with van der Waals surface area (Å²) in [6.45, 7) is 3.98. The van der Waals surface area contributed by atoms with Gasteiger partial charge in [-0.2, -0.15) is 0 Å². The molecular weight excluding hydrogens is 302 g/mol. The van der Waals surface area contributed by atoms with Crippen LogP contribution in [0.3, 0.4) is 0 Å². The minimum absolute atomic E-state index is 0.00125. The molecule has 4 heteroatoms. The van der Waals surface area contributed by atoms with Crippen LogP contribution in [-0.2, 0) is 0 Å². The first kappa shape index (κ1) is 23.8. The Kier molecular flexibility index (Phi) is 17.5. The molecule has 0 aromatic rings. The van der Waals surface area contributed by atoms with Crippen LogP contribution >= 0.6 is 0 Å². The minimum atomic E-state index is -2.50. The van der Waals surface area contributed by atoms with Crippen molar-refractivity contribution in [3.05, 3.63) is 0 Å². The summed E-state index contributed by atoms with van der Waals surface area (Å²) in [6, 6.07) is 0. The lowest BCUT2D eigenvalue weighted by Gasteiger charge is -2.13. The fraction of sp³-hybridized carbons (Fsp3) is 1.00. The number of unbranched alkanes of at least 4 members (excludes halogenated alkanes) is 13. The average molecular weight is 346 g/mol. The van der Waals surface area contributed by atoms with Crippen LogP contribution in [0.15, 0.2) is 0 Å². The lowest BCUT2D eigenvalue weighted by molar-refractivity contribution is -0.314. The number of hydrogen-bond donors (Lipinski definition) is 4. The lowest BCUT2D eigenvalue weighted by atomic mass is 10.0. The third kappa shape index (κ3) is 21.8. The van der Waals surface area contributed by atoms with Gasteiger partial charge in [0, 0.05) is 6.42 Å². The van der Waals surface area contributed by atoms with Crippen molar-refractivity contribution in [2.75, 3.05) is 13.1 Å². The van der Waals surface area contributed by atoms with Gasteiger partial charge in [-0.05, 0) is 25.9 Å². The largest absolute Gasteiger partial charge is 0.344 e. The van der Waals surface area contributed by atoms with Crippen molar-refractivity contribution in [3.8, 4) is 0 Å². The first-order valence-corrected chi connectivity index (χ1v) is 10.4. The van der Waals surface area contributed by atoms with Gasteiger partial charge in [-0.25, -0.2) is 0 Å². The Balaban J connectivity index is 3.00. The standard InChI is InChI=1S/C20H43NO3/c1-2-3-4-5-6-7-8-9-10-11-12-13-14-15-18-21-19-16-17-20(22,23)24/h21-24H,2-19H2,1H3. The second-order valence-electron chi connectivity index (χ2n) is 7.22. The van der Waals surface area contributed by atoms with Crippen LogP contribution in [0.2, 0.25) is 0 Å². The Bertz CT molecular complexity index is 242. The summed E-state index contributed by atoms with van der Waals surface area (Å²) in [7, 11) is 0. The van der Waals surface area contributed by atoms with E-state index in [1.807, 2.05) is 0 Å². The summed E-state index contributed by atoms with van der Waals surface area (Å²) in [5, 5.41) is 29.5. The molecule has 0 aliphatic heterocycles. The zero-order valence-electron chi connectivity index (χ0n) is 16.1. The lowest BCUT2D eigenvalue weighted by Crippen LogP contribution is -2.28. The van der Waals surface area contributed by atoms with Gasteiger partial charge >= 0.3 is 0 Å². The first-order chi connectivity index (χ1) is 11.6. The third-order valence-corrected chi connectivity index (χ3v) is 4.57. The van der Waals surface area contributed by atoms with E-state index in [0.29, 0.717) is 6.42 Å². The van der Waals surface area contributed by atoms with Gasteiger partial charge in [0.2, 0.25) is 0 Å². The third-order valence-electron chi connectivity index (χ3n) is 4.57. The van der Waals surface area contributed by atoms with E-state index >= 15 is 0 Å².